The molecule has 0 unspecified atom stereocenters. The van der Waals surface area contributed by atoms with Crippen molar-refractivity contribution in [1.29, 1.82) is 0 Å². The summed E-state index contributed by atoms with van der Waals surface area (Å²) in [5, 5.41) is 0.706. The van der Waals surface area contributed by atoms with E-state index in [4.69, 9.17) is 16.0 Å². The molecule has 1 atom stereocenters. The number of carbonyl (C=O) groups is 1. The molecule has 0 radical (unpaired) electrons. The summed E-state index contributed by atoms with van der Waals surface area (Å²) in [4.78, 5) is 27.0. The molecular formula is C20H19ClN4O2. The van der Waals surface area contributed by atoms with Gasteiger partial charge in [-0.25, -0.2) is 9.97 Å². The molecule has 1 saturated heterocycles. The lowest BCUT2D eigenvalue weighted by Gasteiger charge is -2.30. The Morgan fingerprint density at radius 2 is 2.19 bits per heavy atom. The van der Waals surface area contributed by atoms with Gasteiger partial charge in [-0.3, -0.25) is 9.78 Å². The number of benzene rings is 1. The van der Waals surface area contributed by atoms with Crippen LogP contribution >= 0.6 is 11.6 Å². The van der Waals surface area contributed by atoms with Gasteiger partial charge in [-0.2, -0.15) is 0 Å². The third-order valence-corrected chi connectivity index (χ3v) is 4.91. The second-order valence-corrected chi connectivity index (χ2v) is 7.09. The van der Waals surface area contributed by atoms with Crippen molar-refractivity contribution in [3.05, 3.63) is 77.0 Å². The van der Waals surface area contributed by atoms with E-state index < -0.39 is 0 Å². The van der Waals surface area contributed by atoms with Gasteiger partial charge in [0, 0.05) is 36.9 Å². The van der Waals surface area contributed by atoms with Crippen LogP contribution in [0.25, 0.3) is 0 Å². The molecule has 6 nitrogen and oxygen atoms in total. The lowest BCUT2D eigenvalue weighted by atomic mass is 9.98. The summed E-state index contributed by atoms with van der Waals surface area (Å²) in [6.07, 6.45) is 8.85. The lowest BCUT2D eigenvalue weighted by molar-refractivity contribution is 0.0691. The van der Waals surface area contributed by atoms with Crippen molar-refractivity contribution >= 4 is 17.5 Å². The van der Waals surface area contributed by atoms with E-state index in [9.17, 15) is 4.79 Å². The number of nitrogens with zero attached hydrogens (tertiary/aromatic N) is 4. The molecule has 3 aromatic rings. The first-order valence-electron chi connectivity index (χ1n) is 8.93. The van der Waals surface area contributed by atoms with E-state index >= 15 is 0 Å². The molecular weight excluding hydrogens is 364 g/mol. The van der Waals surface area contributed by atoms with Gasteiger partial charge in [-0.1, -0.05) is 23.7 Å². The molecule has 0 spiro atoms. The Labute approximate surface area is 162 Å². The SMILES string of the molecule is O=C(c1cnccn1)N1CCC[C@H](c2ncc(Cc3cccc(Cl)c3)o2)C1. The predicted octanol–water partition coefficient (Wildman–Crippen LogP) is 3.73. The van der Waals surface area contributed by atoms with Crippen molar-refractivity contribution in [2.45, 2.75) is 25.2 Å². The maximum atomic E-state index is 12.6. The number of hydrogen-bond acceptors (Lipinski definition) is 5. The number of amides is 1. The van der Waals surface area contributed by atoms with Gasteiger partial charge in [0.25, 0.3) is 5.91 Å². The van der Waals surface area contributed by atoms with Crippen LogP contribution in [0.5, 0.6) is 0 Å². The van der Waals surface area contributed by atoms with Crippen molar-refractivity contribution in [1.82, 2.24) is 19.9 Å². The van der Waals surface area contributed by atoms with Gasteiger partial charge in [0.05, 0.1) is 18.3 Å². The molecule has 0 saturated carbocycles. The van der Waals surface area contributed by atoms with Crippen LogP contribution in [0.4, 0.5) is 0 Å². The Hall–Kier alpha value is -2.73. The number of likely N-dealkylation sites (tertiary alicyclic amines) is 1. The molecule has 138 valence electrons. The fourth-order valence-electron chi connectivity index (χ4n) is 3.38. The van der Waals surface area contributed by atoms with Crippen LogP contribution < -0.4 is 0 Å². The van der Waals surface area contributed by atoms with Crippen LogP contribution in [0.1, 0.15) is 46.5 Å². The van der Waals surface area contributed by atoms with Crippen LogP contribution in [-0.2, 0) is 6.42 Å². The van der Waals surface area contributed by atoms with Crippen LogP contribution in [0.2, 0.25) is 5.02 Å². The maximum absolute atomic E-state index is 12.6. The molecule has 1 fully saturated rings. The van der Waals surface area contributed by atoms with Crippen molar-refractivity contribution in [2.75, 3.05) is 13.1 Å². The van der Waals surface area contributed by atoms with Crippen molar-refractivity contribution in [3.63, 3.8) is 0 Å². The maximum Gasteiger partial charge on any atom is 0.274 e. The molecule has 1 amide bonds. The van der Waals surface area contributed by atoms with Gasteiger partial charge in [0.15, 0.2) is 5.89 Å². The van der Waals surface area contributed by atoms with E-state index in [0.717, 1.165) is 24.2 Å². The molecule has 0 bridgehead atoms. The minimum absolute atomic E-state index is 0.0903. The average molecular weight is 383 g/mol. The minimum atomic E-state index is -0.0986. The molecule has 7 heteroatoms. The average Bonchev–Trinajstić information content (AvgIpc) is 3.17. The van der Waals surface area contributed by atoms with Crippen molar-refractivity contribution in [2.24, 2.45) is 0 Å². The highest BCUT2D eigenvalue weighted by Gasteiger charge is 2.29. The van der Waals surface area contributed by atoms with Crippen molar-refractivity contribution in [3.8, 4) is 0 Å². The Morgan fingerprint density at radius 1 is 1.26 bits per heavy atom. The smallest absolute Gasteiger partial charge is 0.274 e. The zero-order valence-electron chi connectivity index (χ0n) is 14.7. The van der Waals surface area contributed by atoms with Gasteiger partial charge >= 0.3 is 0 Å². The molecule has 27 heavy (non-hydrogen) atoms. The van der Waals surface area contributed by atoms with E-state index in [1.54, 1.807) is 17.3 Å². The molecule has 0 N–H and O–H groups in total. The highest BCUT2D eigenvalue weighted by Crippen LogP contribution is 2.28. The summed E-state index contributed by atoms with van der Waals surface area (Å²) in [5.74, 6) is 1.47. The Balaban J connectivity index is 1.44. The van der Waals surface area contributed by atoms with Gasteiger partial charge in [-0.05, 0) is 30.5 Å². The van der Waals surface area contributed by atoms with Crippen molar-refractivity contribution < 1.29 is 9.21 Å². The van der Waals surface area contributed by atoms with E-state index in [0.29, 0.717) is 36.1 Å². The van der Waals surface area contributed by atoms with E-state index in [1.165, 1.54) is 12.4 Å². The summed E-state index contributed by atoms with van der Waals surface area (Å²) in [7, 11) is 0. The first-order valence-corrected chi connectivity index (χ1v) is 9.31. The van der Waals surface area contributed by atoms with Gasteiger partial charge in [0.1, 0.15) is 11.5 Å². The molecule has 3 heterocycles. The van der Waals surface area contributed by atoms with Crippen LogP contribution in [0, 0.1) is 0 Å². The topological polar surface area (TPSA) is 72.1 Å². The van der Waals surface area contributed by atoms with E-state index in [2.05, 4.69) is 15.0 Å². The predicted molar refractivity (Wildman–Crippen MR) is 101 cm³/mol. The highest BCUT2D eigenvalue weighted by molar-refractivity contribution is 6.30. The number of rotatable bonds is 4. The summed E-state index contributed by atoms with van der Waals surface area (Å²) in [5.41, 5.74) is 1.44. The third kappa shape index (κ3) is 4.17. The fraction of sp³-hybridized carbons (Fsp3) is 0.300. The lowest BCUT2D eigenvalue weighted by Crippen LogP contribution is -2.39. The molecule has 4 rings (SSSR count). The highest BCUT2D eigenvalue weighted by atomic mass is 35.5. The zero-order valence-corrected chi connectivity index (χ0v) is 15.5. The molecule has 1 aliphatic heterocycles. The number of piperidine rings is 1. The monoisotopic (exact) mass is 382 g/mol. The minimum Gasteiger partial charge on any atom is -0.445 e. The van der Waals surface area contributed by atoms with Gasteiger partial charge in [0.2, 0.25) is 0 Å². The van der Waals surface area contributed by atoms with Crippen LogP contribution in [0.3, 0.4) is 0 Å². The van der Waals surface area contributed by atoms with Crippen LogP contribution in [-0.4, -0.2) is 38.8 Å². The Bertz CT molecular complexity index is 928. The first kappa shape index (κ1) is 17.7. The second-order valence-electron chi connectivity index (χ2n) is 6.65. The molecule has 1 aliphatic rings. The number of carbonyl (C=O) groups excluding carboxylic acids is 1. The number of hydrogen-bond donors (Lipinski definition) is 0. The first-order chi connectivity index (χ1) is 13.2. The largest absolute Gasteiger partial charge is 0.445 e. The Morgan fingerprint density at radius 3 is 3.00 bits per heavy atom. The molecule has 2 aromatic heterocycles. The summed E-state index contributed by atoms with van der Waals surface area (Å²) < 4.78 is 5.98. The zero-order chi connectivity index (χ0) is 18.6. The van der Waals surface area contributed by atoms with E-state index in [-0.39, 0.29) is 11.8 Å². The molecule has 1 aromatic carbocycles. The quantitative estimate of drug-likeness (QED) is 0.687. The Kier molecular flexibility index (Phi) is 5.16. The third-order valence-electron chi connectivity index (χ3n) is 4.68. The fourth-order valence-corrected chi connectivity index (χ4v) is 3.59. The normalized spacial score (nSPS) is 17.1. The van der Waals surface area contributed by atoms with Gasteiger partial charge in [-0.15, -0.1) is 0 Å². The summed E-state index contributed by atoms with van der Waals surface area (Å²) in [6.45, 7) is 1.29. The number of halogens is 1. The standard InChI is InChI=1S/C20H19ClN4O2/c21-16-5-1-3-14(9-16)10-17-11-24-19(27-17)15-4-2-8-25(13-15)20(26)18-12-22-6-7-23-18/h1,3,5-7,9,11-12,15H,2,4,8,10,13H2/t15-/m0/s1. The number of aromatic nitrogens is 3. The van der Waals surface area contributed by atoms with E-state index in [1.807, 2.05) is 24.3 Å². The summed E-state index contributed by atoms with van der Waals surface area (Å²) >= 11 is 6.04. The van der Waals surface area contributed by atoms with Gasteiger partial charge < -0.3 is 9.32 Å². The van der Waals surface area contributed by atoms with Crippen LogP contribution in [0.15, 0.2) is 53.5 Å². The second kappa shape index (κ2) is 7.88. The molecule has 0 aliphatic carbocycles. The number of oxazole rings is 1. The summed E-state index contributed by atoms with van der Waals surface area (Å²) in [6, 6.07) is 7.70.